The highest BCUT2D eigenvalue weighted by molar-refractivity contribution is 5.71. The van der Waals surface area contributed by atoms with Crippen molar-refractivity contribution in [1.82, 2.24) is 0 Å². The molecule has 49 heavy (non-hydrogen) atoms. The van der Waals surface area contributed by atoms with Crippen LogP contribution >= 0.6 is 0 Å². The SMILES string of the molecule is CC.CC(C)(C)C.CC(C)(C)C.Cc1ccc(-c2ccc(-c3ccccc3)cc2)cc1.c1ccc(-c2ccc(-c3ccccc3)cc2)cc1. The molecule has 6 aromatic carbocycles. The molecule has 0 aromatic heterocycles. The van der Waals surface area contributed by atoms with Gasteiger partial charge in [-0.1, -0.05) is 239 Å². The standard InChI is InChI=1S/C19H16.C18H14.2C5H12.C2H6/c1-15-7-9-17(10-8-15)19-13-11-18(12-14-19)16-5-3-2-4-6-16;1-3-7-15(8-4-1)17-11-13-18(14-12-17)16-9-5-2-6-10-16;2*1-5(2,3)4;1-2/h2-14H,1H3;1-14H;2*1-4H3;1-2H3. The maximum atomic E-state index is 2.19. The van der Waals surface area contributed by atoms with Gasteiger partial charge in [0.15, 0.2) is 0 Å². The Labute approximate surface area is 299 Å². The van der Waals surface area contributed by atoms with Crippen molar-refractivity contribution in [2.75, 3.05) is 0 Å². The van der Waals surface area contributed by atoms with Crippen molar-refractivity contribution in [3.05, 3.63) is 169 Å². The van der Waals surface area contributed by atoms with Gasteiger partial charge in [0.25, 0.3) is 0 Å². The van der Waals surface area contributed by atoms with Crippen molar-refractivity contribution >= 4 is 0 Å². The van der Waals surface area contributed by atoms with Gasteiger partial charge in [-0.3, -0.25) is 0 Å². The Morgan fingerprint density at radius 3 is 0.571 bits per heavy atom. The molecule has 0 heterocycles. The van der Waals surface area contributed by atoms with Crippen LogP contribution in [0.2, 0.25) is 0 Å². The summed E-state index contributed by atoms with van der Waals surface area (Å²) in [5.74, 6) is 0. The van der Waals surface area contributed by atoms with E-state index < -0.39 is 0 Å². The van der Waals surface area contributed by atoms with E-state index in [0.29, 0.717) is 10.8 Å². The lowest BCUT2D eigenvalue weighted by Crippen LogP contribution is -1.93. The molecular formula is C49H60. The fourth-order valence-electron chi connectivity index (χ4n) is 4.35. The van der Waals surface area contributed by atoms with E-state index in [1.807, 2.05) is 32.0 Å². The molecule has 0 saturated carbocycles. The second-order valence-corrected chi connectivity index (χ2v) is 15.1. The van der Waals surface area contributed by atoms with Gasteiger partial charge in [0.2, 0.25) is 0 Å². The Hall–Kier alpha value is -4.68. The second kappa shape index (κ2) is 20.6. The monoisotopic (exact) mass is 648 g/mol. The summed E-state index contributed by atoms with van der Waals surface area (Å²) in [5, 5.41) is 0. The Balaban J connectivity index is 0.000000258. The van der Waals surface area contributed by atoms with Gasteiger partial charge < -0.3 is 0 Å². The summed E-state index contributed by atoms with van der Waals surface area (Å²) in [6.45, 7) is 23.6. The number of hydrogen-bond donors (Lipinski definition) is 0. The first kappa shape index (κ1) is 40.5. The van der Waals surface area contributed by atoms with Gasteiger partial charge >= 0.3 is 0 Å². The topological polar surface area (TPSA) is 0 Å². The average molecular weight is 649 g/mol. The lowest BCUT2D eigenvalue weighted by Gasteiger charge is -2.05. The van der Waals surface area contributed by atoms with Gasteiger partial charge in [-0.05, 0) is 62.3 Å². The van der Waals surface area contributed by atoms with E-state index in [-0.39, 0.29) is 0 Å². The molecule has 0 nitrogen and oxygen atoms in total. The Kier molecular flexibility index (Phi) is 17.1. The van der Waals surface area contributed by atoms with Crippen LogP contribution in [0, 0.1) is 17.8 Å². The van der Waals surface area contributed by atoms with E-state index in [1.54, 1.807) is 0 Å². The van der Waals surface area contributed by atoms with Gasteiger partial charge in [0.1, 0.15) is 0 Å². The first-order valence-electron chi connectivity index (χ1n) is 17.7. The zero-order valence-electron chi connectivity index (χ0n) is 32.1. The highest BCUT2D eigenvalue weighted by Crippen LogP contribution is 2.26. The van der Waals surface area contributed by atoms with Gasteiger partial charge in [-0.15, -0.1) is 0 Å². The molecular weight excluding hydrogens is 589 g/mol. The number of rotatable bonds is 4. The Morgan fingerprint density at radius 1 is 0.245 bits per heavy atom. The summed E-state index contributed by atoms with van der Waals surface area (Å²) in [6.07, 6.45) is 0. The van der Waals surface area contributed by atoms with Crippen LogP contribution in [0.3, 0.4) is 0 Å². The highest BCUT2D eigenvalue weighted by Gasteiger charge is 2.01. The van der Waals surface area contributed by atoms with Crippen molar-refractivity contribution in [1.29, 1.82) is 0 Å². The van der Waals surface area contributed by atoms with E-state index in [0.717, 1.165) is 0 Å². The van der Waals surface area contributed by atoms with Crippen LogP contribution in [0.4, 0.5) is 0 Å². The van der Waals surface area contributed by atoms with Crippen molar-refractivity contribution in [2.45, 2.75) is 76.2 Å². The quantitative estimate of drug-likeness (QED) is 0.178. The Bertz CT molecular complexity index is 1600. The van der Waals surface area contributed by atoms with Gasteiger partial charge in [0.05, 0.1) is 0 Å². The molecule has 6 rings (SSSR count). The zero-order chi connectivity index (χ0) is 36.3. The third-order valence-electron chi connectivity index (χ3n) is 6.48. The lowest BCUT2D eigenvalue weighted by atomic mass is 10.00. The van der Waals surface area contributed by atoms with Crippen LogP contribution < -0.4 is 0 Å². The molecule has 6 aromatic rings. The van der Waals surface area contributed by atoms with Gasteiger partial charge in [0, 0.05) is 0 Å². The zero-order valence-corrected chi connectivity index (χ0v) is 32.1. The van der Waals surface area contributed by atoms with Crippen LogP contribution in [0.1, 0.15) is 74.8 Å². The first-order valence-corrected chi connectivity index (χ1v) is 17.7. The number of benzene rings is 6. The van der Waals surface area contributed by atoms with E-state index in [9.17, 15) is 0 Å². The van der Waals surface area contributed by atoms with E-state index >= 15 is 0 Å². The number of aryl methyl sites for hydroxylation is 1. The largest absolute Gasteiger partial charge is 0.0683 e. The van der Waals surface area contributed by atoms with Crippen molar-refractivity contribution in [2.24, 2.45) is 10.8 Å². The minimum absolute atomic E-state index is 0.500. The van der Waals surface area contributed by atoms with Crippen molar-refractivity contribution < 1.29 is 0 Å². The number of hydrogen-bond acceptors (Lipinski definition) is 0. The molecule has 0 unspecified atom stereocenters. The molecule has 0 fully saturated rings. The highest BCUT2D eigenvalue weighted by atomic mass is 14.1. The summed E-state index contributed by atoms with van der Waals surface area (Å²) < 4.78 is 0. The molecule has 0 saturated heterocycles. The van der Waals surface area contributed by atoms with E-state index in [1.165, 1.54) is 50.1 Å². The maximum Gasteiger partial charge on any atom is -0.0184 e. The van der Waals surface area contributed by atoms with Crippen LogP contribution in [-0.2, 0) is 0 Å². The molecule has 0 bridgehead atoms. The predicted octanol–water partition coefficient (Wildman–Crippen LogP) is 15.5. The average Bonchev–Trinajstić information content (AvgIpc) is 3.10. The summed E-state index contributed by atoms with van der Waals surface area (Å²) in [6, 6.07) is 57.5. The summed E-state index contributed by atoms with van der Waals surface area (Å²) in [4.78, 5) is 0. The normalized spacial score (nSPS) is 10.3. The van der Waals surface area contributed by atoms with E-state index in [2.05, 4.69) is 208 Å². The molecule has 0 aliphatic rings. The molecule has 0 N–H and O–H groups in total. The third kappa shape index (κ3) is 17.3. The fourth-order valence-corrected chi connectivity index (χ4v) is 4.35. The minimum atomic E-state index is 0.500. The molecule has 0 atom stereocenters. The molecule has 0 amide bonds. The lowest BCUT2D eigenvalue weighted by molar-refractivity contribution is 0.469. The van der Waals surface area contributed by atoms with Gasteiger partial charge in [-0.2, -0.15) is 0 Å². The maximum absolute atomic E-state index is 2.19. The smallest absolute Gasteiger partial charge is 0.0184 e. The summed E-state index contributed by atoms with van der Waals surface area (Å²) >= 11 is 0. The van der Waals surface area contributed by atoms with Crippen molar-refractivity contribution in [3.63, 3.8) is 0 Å². The molecule has 0 aliphatic heterocycles. The predicted molar refractivity (Wildman–Crippen MR) is 221 cm³/mol. The van der Waals surface area contributed by atoms with E-state index in [4.69, 9.17) is 0 Å². The van der Waals surface area contributed by atoms with Crippen LogP contribution in [-0.4, -0.2) is 0 Å². The fraction of sp³-hybridized carbons (Fsp3) is 0.265. The molecule has 0 heteroatoms. The third-order valence-corrected chi connectivity index (χ3v) is 6.48. The van der Waals surface area contributed by atoms with Crippen molar-refractivity contribution in [3.8, 4) is 44.5 Å². The summed E-state index contributed by atoms with van der Waals surface area (Å²) in [5.41, 5.74) is 12.4. The molecule has 256 valence electrons. The molecule has 0 radical (unpaired) electrons. The van der Waals surface area contributed by atoms with Gasteiger partial charge in [-0.25, -0.2) is 0 Å². The molecule has 0 spiro atoms. The summed E-state index contributed by atoms with van der Waals surface area (Å²) in [7, 11) is 0. The minimum Gasteiger partial charge on any atom is -0.0683 e. The van der Waals surface area contributed by atoms with Crippen LogP contribution in [0.25, 0.3) is 44.5 Å². The first-order chi connectivity index (χ1) is 23.3. The second-order valence-electron chi connectivity index (χ2n) is 15.1. The Morgan fingerprint density at radius 2 is 0.388 bits per heavy atom. The molecule has 0 aliphatic carbocycles. The van der Waals surface area contributed by atoms with Crippen LogP contribution in [0.5, 0.6) is 0 Å². The van der Waals surface area contributed by atoms with Crippen LogP contribution in [0.15, 0.2) is 164 Å².